The van der Waals surface area contributed by atoms with E-state index in [1.165, 1.54) is 5.56 Å². The zero-order valence-electron chi connectivity index (χ0n) is 9.42. The summed E-state index contributed by atoms with van der Waals surface area (Å²) < 4.78 is 12.0. The fraction of sp³-hybridized carbons (Fsp3) is 0.500. The molecule has 0 saturated heterocycles. The Morgan fingerprint density at radius 1 is 1.20 bits per heavy atom. The molecule has 0 spiro atoms. The Hall–Kier alpha value is -0.150. The first-order valence-corrected chi connectivity index (χ1v) is 7.40. The maximum Gasteiger partial charge on any atom is 0.0534 e. The molecule has 1 unspecified atom stereocenters. The lowest BCUT2D eigenvalue weighted by atomic mass is 10.0. The normalized spacial score (nSPS) is 13.9. The van der Waals surface area contributed by atoms with Gasteiger partial charge < -0.3 is 0 Å². The second kappa shape index (κ2) is 5.26. The van der Waals surface area contributed by atoms with Crippen molar-refractivity contribution < 1.29 is 4.21 Å². The number of rotatable bonds is 3. The fourth-order valence-corrected chi connectivity index (χ4v) is 2.97. The molecule has 0 aliphatic rings. The van der Waals surface area contributed by atoms with Crippen molar-refractivity contribution in [1.29, 1.82) is 0 Å². The van der Waals surface area contributed by atoms with Gasteiger partial charge in [-0.1, -0.05) is 48.8 Å². The van der Waals surface area contributed by atoms with Crippen LogP contribution < -0.4 is 0 Å². The predicted octanol–water partition coefficient (Wildman–Crippen LogP) is 3.74. The molecule has 3 heteroatoms. The molecule has 1 atom stereocenters. The second-order valence-electron chi connectivity index (χ2n) is 4.83. The number of hydrogen-bond acceptors (Lipinski definition) is 1. The zero-order valence-corrected chi connectivity index (χ0v) is 11.8. The molecule has 1 aromatic carbocycles. The molecule has 0 fully saturated rings. The van der Waals surface area contributed by atoms with Crippen LogP contribution in [0.4, 0.5) is 0 Å². The van der Waals surface area contributed by atoms with Gasteiger partial charge in [0.05, 0.1) is 10.8 Å². The number of halogens is 1. The summed E-state index contributed by atoms with van der Waals surface area (Å²) in [5.74, 6) is 0.709. The highest BCUT2D eigenvalue weighted by Gasteiger charge is 2.15. The third kappa shape index (κ3) is 4.47. The van der Waals surface area contributed by atoms with E-state index in [0.29, 0.717) is 5.75 Å². The van der Waals surface area contributed by atoms with E-state index in [-0.39, 0.29) is 5.41 Å². The minimum atomic E-state index is -0.878. The van der Waals surface area contributed by atoms with Gasteiger partial charge in [-0.25, -0.2) is 0 Å². The summed E-state index contributed by atoms with van der Waals surface area (Å²) in [4.78, 5) is 0.926. The van der Waals surface area contributed by atoms with Crippen LogP contribution in [-0.4, -0.2) is 9.96 Å². The molecule has 0 bridgehead atoms. The van der Waals surface area contributed by atoms with Crippen molar-refractivity contribution in [3.63, 3.8) is 0 Å². The van der Waals surface area contributed by atoms with Crippen molar-refractivity contribution >= 4 is 26.7 Å². The average molecular weight is 289 g/mol. The monoisotopic (exact) mass is 288 g/mol. The van der Waals surface area contributed by atoms with Crippen molar-refractivity contribution in [2.45, 2.75) is 31.0 Å². The van der Waals surface area contributed by atoms with Gasteiger partial charge in [0.1, 0.15) is 0 Å². The maximum absolute atomic E-state index is 12.0. The highest BCUT2D eigenvalue weighted by Crippen LogP contribution is 2.19. The highest BCUT2D eigenvalue weighted by atomic mass is 79.9. The lowest BCUT2D eigenvalue weighted by Gasteiger charge is -2.17. The summed E-state index contributed by atoms with van der Waals surface area (Å²) in [6, 6.07) is 7.95. The van der Waals surface area contributed by atoms with Crippen LogP contribution in [0.15, 0.2) is 29.2 Å². The van der Waals surface area contributed by atoms with Crippen molar-refractivity contribution in [2.75, 3.05) is 5.75 Å². The summed E-state index contributed by atoms with van der Waals surface area (Å²) >= 11 is 3.39. The first-order chi connectivity index (χ1) is 6.92. The van der Waals surface area contributed by atoms with Gasteiger partial charge in [0.15, 0.2) is 0 Å². The van der Waals surface area contributed by atoms with Crippen molar-refractivity contribution in [3.8, 4) is 0 Å². The van der Waals surface area contributed by atoms with Crippen LogP contribution in [0.3, 0.4) is 0 Å². The van der Waals surface area contributed by atoms with Crippen LogP contribution in [0.2, 0.25) is 0 Å². The molecule has 1 nitrogen and oxygen atoms in total. The Bertz CT molecular complexity index is 338. The topological polar surface area (TPSA) is 17.1 Å². The first kappa shape index (κ1) is 12.9. The van der Waals surface area contributed by atoms with Crippen LogP contribution in [0.5, 0.6) is 0 Å². The van der Waals surface area contributed by atoms with Crippen LogP contribution in [0.1, 0.15) is 26.3 Å². The Morgan fingerprint density at radius 2 is 1.73 bits per heavy atom. The van der Waals surface area contributed by atoms with Gasteiger partial charge in [0.25, 0.3) is 0 Å². The molecule has 0 aromatic heterocycles. The summed E-state index contributed by atoms with van der Waals surface area (Å²) in [7, 11) is -0.878. The molecule has 0 aliphatic carbocycles. The summed E-state index contributed by atoms with van der Waals surface area (Å²) in [5.41, 5.74) is 1.32. The number of benzene rings is 1. The van der Waals surface area contributed by atoms with Crippen molar-refractivity contribution in [3.05, 3.63) is 29.8 Å². The van der Waals surface area contributed by atoms with E-state index in [0.717, 1.165) is 10.2 Å². The van der Waals surface area contributed by atoms with E-state index in [4.69, 9.17) is 0 Å². The quantitative estimate of drug-likeness (QED) is 0.775. The summed E-state index contributed by atoms with van der Waals surface area (Å²) in [6.45, 7) is 6.33. The Labute approximate surface area is 103 Å². The lowest BCUT2D eigenvalue weighted by Crippen LogP contribution is -2.16. The van der Waals surface area contributed by atoms with Gasteiger partial charge in [-0.2, -0.15) is 0 Å². The van der Waals surface area contributed by atoms with Gasteiger partial charge in [0, 0.05) is 16.0 Å². The first-order valence-electron chi connectivity index (χ1n) is 4.96. The van der Waals surface area contributed by atoms with Gasteiger partial charge in [0.2, 0.25) is 0 Å². The SMILES string of the molecule is CC(C)(C)CS(=O)c1ccc(CBr)cc1. The third-order valence-corrected chi connectivity index (χ3v) is 4.48. The fourth-order valence-electron chi connectivity index (χ4n) is 1.21. The molecule has 0 heterocycles. The standard InChI is InChI=1S/C12H17BrOS/c1-12(2,3)9-15(14)11-6-4-10(8-13)5-7-11/h4-7H,8-9H2,1-3H3. The minimum absolute atomic E-state index is 0.110. The zero-order chi connectivity index (χ0) is 11.5. The molecular formula is C12H17BrOS. The van der Waals surface area contributed by atoms with E-state index in [1.807, 2.05) is 24.3 Å². The Morgan fingerprint density at radius 3 is 2.13 bits per heavy atom. The van der Waals surface area contributed by atoms with Gasteiger partial charge in [-0.3, -0.25) is 4.21 Å². The van der Waals surface area contributed by atoms with Gasteiger partial charge in [-0.15, -0.1) is 0 Å². The average Bonchev–Trinajstić information content (AvgIpc) is 2.15. The molecule has 0 saturated carbocycles. The molecule has 84 valence electrons. The molecule has 0 aliphatic heterocycles. The second-order valence-corrected chi connectivity index (χ2v) is 6.84. The number of hydrogen-bond donors (Lipinski definition) is 0. The van der Waals surface area contributed by atoms with Gasteiger partial charge >= 0.3 is 0 Å². The molecule has 15 heavy (non-hydrogen) atoms. The smallest absolute Gasteiger partial charge is 0.0534 e. The molecule has 0 N–H and O–H groups in total. The summed E-state index contributed by atoms with van der Waals surface area (Å²) in [6.07, 6.45) is 0. The van der Waals surface area contributed by atoms with Crippen LogP contribution >= 0.6 is 15.9 Å². The van der Waals surface area contributed by atoms with E-state index in [9.17, 15) is 4.21 Å². The molecule has 0 radical (unpaired) electrons. The minimum Gasteiger partial charge on any atom is -0.254 e. The molecule has 0 amide bonds. The van der Waals surface area contributed by atoms with Crippen molar-refractivity contribution in [1.82, 2.24) is 0 Å². The van der Waals surface area contributed by atoms with E-state index >= 15 is 0 Å². The molecule has 1 aromatic rings. The van der Waals surface area contributed by atoms with Crippen LogP contribution in [0.25, 0.3) is 0 Å². The van der Waals surface area contributed by atoms with Gasteiger partial charge in [-0.05, 0) is 23.1 Å². The van der Waals surface area contributed by atoms with E-state index < -0.39 is 10.8 Å². The van der Waals surface area contributed by atoms with Crippen molar-refractivity contribution in [2.24, 2.45) is 5.41 Å². The van der Waals surface area contributed by atoms with Crippen LogP contribution in [0, 0.1) is 5.41 Å². The lowest BCUT2D eigenvalue weighted by molar-refractivity contribution is 0.474. The highest BCUT2D eigenvalue weighted by molar-refractivity contribution is 9.08. The Balaban J connectivity index is 2.75. The predicted molar refractivity (Wildman–Crippen MR) is 69.8 cm³/mol. The van der Waals surface area contributed by atoms with E-state index in [1.54, 1.807) is 0 Å². The third-order valence-electron chi connectivity index (χ3n) is 1.90. The largest absolute Gasteiger partial charge is 0.254 e. The Kier molecular flexibility index (Phi) is 4.53. The maximum atomic E-state index is 12.0. The van der Waals surface area contributed by atoms with Crippen LogP contribution in [-0.2, 0) is 16.1 Å². The molecular weight excluding hydrogens is 272 g/mol. The summed E-state index contributed by atoms with van der Waals surface area (Å²) in [5, 5.41) is 0.846. The molecule has 1 rings (SSSR count). The van der Waals surface area contributed by atoms with E-state index in [2.05, 4.69) is 36.7 Å². The number of alkyl halides is 1.